The summed E-state index contributed by atoms with van der Waals surface area (Å²) in [7, 11) is 3.29. The largest absolute Gasteiger partial charge is 0.493 e. The van der Waals surface area contributed by atoms with Gasteiger partial charge in [-0.3, -0.25) is 0 Å². The molecule has 1 aromatic carbocycles. The summed E-state index contributed by atoms with van der Waals surface area (Å²) in [5.41, 5.74) is 1.74. The van der Waals surface area contributed by atoms with Gasteiger partial charge in [-0.2, -0.15) is 0 Å². The van der Waals surface area contributed by atoms with Crippen molar-refractivity contribution in [2.75, 3.05) is 19.5 Å². The Labute approximate surface area is 178 Å². The van der Waals surface area contributed by atoms with Crippen LogP contribution in [0, 0.1) is 0 Å². The number of nitrogens with one attached hydrogen (secondary N) is 1. The number of thiophene rings is 1. The van der Waals surface area contributed by atoms with Gasteiger partial charge in [-0.05, 0) is 55.3 Å². The Balaban J connectivity index is 1.51. The van der Waals surface area contributed by atoms with E-state index in [1.54, 1.807) is 25.6 Å². The van der Waals surface area contributed by atoms with Gasteiger partial charge >= 0.3 is 0 Å². The minimum absolute atomic E-state index is 0.226. The summed E-state index contributed by atoms with van der Waals surface area (Å²) < 4.78 is 13.9. The molecule has 4 aromatic rings. The Morgan fingerprint density at radius 3 is 2.77 bits per heavy atom. The Hall–Kier alpha value is -2.84. The SMILES string of the molecule is COc1cc2cc(-c3cnc4ccc(N[C@@H]5CCC[C@H](O)C5)nn34)sc2cc1OC. The van der Waals surface area contributed by atoms with Gasteiger partial charge in [0, 0.05) is 16.8 Å². The van der Waals surface area contributed by atoms with Crippen LogP contribution in [0.5, 0.6) is 11.5 Å². The molecule has 1 fully saturated rings. The maximum Gasteiger partial charge on any atom is 0.162 e. The average Bonchev–Trinajstić information content (AvgIpc) is 3.35. The number of hydrogen-bond acceptors (Lipinski definition) is 7. The van der Waals surface area contributed by atoms with Gasteiger partial charge in [-0.25, -0.2) is 9.50 Å². The predicted molar refractivity (Wildman–Crippen MR) is 119 cm³/mol. The summed E-state index contributed by atoms with van der Waals surface area (Å²) >= 11 is 1.67. The van der Waals surface area contributed by atoms with E-state index in [-0.39, 0.29) is 12.1 Å². The van der Waals surface area contributed by atoms with Crippen LogP contribution in [-0.2, 0) is 0 Å². The van der Waals surface area contributed by atoms with E-state index in [9.17, 15) is 5.11 Å². The lowest BCUT2D eigenvalue weighted by Crippen LogP contribution is -2.30. The molecule has 0 aliphatic heterocycles. The molecule has 0 amide bonds. The van der Waals surface area contributed by atoms with Crippen molar-refractivity contribution in [1.82, 2.24) is 14.6 Å². The molecule has 7 nitrogen and oxygen atoms in total. The highest BCUT2D eigenvalue weighted by Crippen LogP contribution is 2.39. The fourth-order valence-electron chi connectivity index (χ4n) is 4.12. The van der Waals surface area contributed by atoms with E-state index in [1.807, 2.05) is 35.0 Å². The summed E-state index contributed by atoms with van der Waals surface area (Å²) in [5, 5.41) is 19.3. The number of aliphatic hydroxyl groups is 1. The van der Waals surface area contributed by atoms with Crippen LogP contribution in [-0.4, -0.2) is 46.1 Å². The molecule has 1 aliphatic carbocycles. The van der Waals surface area contributed by atoms with Crippen LogP contribution >= 0.6 is 11.3 Å². The lowest BCUT2D eigenvalue weighted by molar-refractivity contribution is 0.124. The minimum atomic E-state index is -0.226. The van der Waals surface area contributed by atoms with Crippen molar-refractivity contribution in [3.8, 4) is 22.1 Å². The Morgan fingerprint density at radius 2 is 1.97 bits per heavy atom. The topological polar surface area (TPSA) is 80.9 Å². The van der Waals surface area contributed by atoms with Gasteiger partial charge in [0.25, 0.3) is 0 Å². The molecule has 0 bridgehead atoms. The third-order valence-corrected chi connectivity index (χ3v) is 6.76. The second-order valence-corrected chi connectivity index (χ2v) is 8.73. The Bertz CT molecular complexity index is 1160. The van der Waals surface area contributed by atoms with Crippen molar-refractivity contribution in [3.63, 3.8) is 0 Å². The number of nitrogens with zero attached hydrogens (tertiary/aromatic N) is 3. The van der Waals surface area contributed by atoms with Crippen molar-refractivity contribution < 1.29 is 14.6 Å². The van der Waals surface area contributed by atoms with E-state index < -0.39 is 0 Å². The number of anilines is 1. The van der Waals surface area contributed by atoms with Crippen molar-refractivity contribution >= 4 is 32.9 Å². The van der Waals surface area contributed by atoms with E-state index in [0.717, 1.165) is 63.6 Å². The Kier molecular flexibility index (Phi) is 4.96. The van der Waals surface area contributed by atoms with Gasteiger partial charge in [0.1, 0.15) is 11.5 Å². The highest BCUT2D eigenvalue weighted by atomic mass is 32.1. The molecule has 5 rings (SSSR count). The van der Waals surface area contributed by atoms with Gasteiger partial charge in [0.15, 0.2) is 17.1 Å². The molecule has 8 heteroatoms. The number of benzene rings is 1. The van der Waals surface area contributed by atoms with E-state index in [2.05, 4.69) is 16.4 Å². The normalized spacial score (nSPS) is 19.3. The monoisotopic (exact) mass is 424 g/mol. The van der Waals surface area contributed by atoms with Gasteiger partial charge in [0.05, 0.1) is 31.4 Å². The highest BCUT2D eigenvalue weighted by Gasteiger charge is 2.21. The summed E-state index contributed by atoms with van der Waals surface area (Å²) in [4.78, 5) is 5.60. The maximum atomic E-state index is 9.94. The van der Waals surface area contributed by atoms with Crippen LogP contribution in [0.15, 0.2) is 36.5 Å². The molecule has 3 heterocycles. The molecule has 1 aliphatic rings. The van der Waals surface area contributed by atoms with E-state index in [1.165, 1.54) is 0 Å². The zero-order valence-corrected chi connectivity index (χ0v) is 17.8. The van der Waals surface area contributed by atoms with Gasteiger partial charge < -0.3 is 19.9 Å². The van der Waals surface area contributed by atoms with Crippen LogP contribution in [0.3, 0.4) is 0 Å². The van der Waals surface area contributed by atoms with Crippen molar-refractivity contribution in [2.45, 2.75) is 37.8 Å². The molecule has 0 saturated heterocycles. The van der Waals surface area contributed by atoms with Crippen LogP contribution in [0.2, 0.25) is 0 Å². The quantitative estimate of drug-likeness (QED) is 0.496. The number of imidazole rings is 1. The number of aromatic nitrogens is 3. The molecule has 1 saturated carbocycles. The van der Waals surface area contributed by atoms with Crippen molar-refractivity contribution in [1.29, 1.82) is 0 Å². The fourth-order valence-corrected chi connectivity index (χ4v) is 5.18. The van der Waals surface area contributed by atoms with E-state index in [4.69, 9.17) is 14.6 Å². The molecule has 2 N–H and O–H groups in total. The Morgan fingerprint density at radius 1 is 1.13 bits per heavy atom. The zero-order valence-electron chi connectivity index (χ0n) is 17.0. The zero-order chi connectivity index (χ0) is 20.7. The molecule has 156 valence electrons. The lowest BCUT2D eigenvalue weighted by Gasteiger charge is -2.26. The first-order chi connectivity index (χ1) is 14.6. The number of fused-ring (bicyclic) bond motifs is 2. The molecule has 3 aromatic heterocycles. The first kappa shape index (κ1) is 19.1. The van der Waals surface area contributed by atoms with Crippen molar-refractivity contribution in [2.24, 2.45) is 0 Å². The maximum absolute atomic E-state index is 9.94. The first-order valence-electron chi connectivity index (χ1n) is 10.1. The third kappa shape index (κ3) is 3.46. The molecule has 30 heavy (non-hydrogen) atoms. The molecular formula is C22H24N4O3S. The summed E-state index contributed by atoms with van der Waals surface area (Å²) in [6, 6.07) is 10.3. The highest BCUT2D eigenvalue weighted by molar-refractivity contribution is 7.22. The molecular weight excluding hydrogens is 400 g/mol. The second kappa shape index (κ2) is 7.77. The van der Waals surface area contributed by atoms with Gasteiger partial charge in [-0.15, -0.1) is 16.4 Å². The van der Waals surface area contributed by atoms with Crippen LogP contribution in [0.25, 0.3) is 26.3 Å². The predicted octanol–water partition coefficient (Wildman–Crippen LogP) is 4.34. The van der Waals surface area contributed by atoms with E-state index in [0.29, 0.717) is 5.75 Å². The number of hydrogen-bond donors (Lipinski definition) is 2. The summed E-state index contributed by atoms with van der Waals surface area (Å²) in [5.74, 6) is 2.23. The fraction of sp³-hybridized carbons (Fsp3) is 0.364. The number of ether oxygens (including phenoxy) is 2. The molecule has 0 spiro atoms. The number of methoxy groups -OCH3 is 2. The standard InChI is InChI=1S/C22H24N4O3S/c1-28-17-8-13-9-20(30-19(13)11-18(17)29-2)16-12-23-22-7-6-21(25-26(16)22)24-14-4-3-5-15(27)10-14/h6-9,11-12,14-15,27H,3-5,10H2,1-2H3,(H,24,25)/t14-,15+/m1/s1. The molecule has 0 radical (unpaired) electrons. The number of aliphatic hydroxyl groups excluding tert-OH is 1. The smallest absolute Gasteiger partial charge is 0.162 e. The average molecular weight is 425 g/mol. The van der Waals surface area contributed by atoms with E-state index >= 15 is 0 Å². The second-order valence-electron chi connectivity index (χ2n) is 7.65. The van der Waals surface area contributed by atoms with Crippen LogP contribution in [0.4, 0.5) is 5.82 Å². The minimum Gasteiger partial charge on any atom is -0.493 e. The van der Waals surface area contributed by atoms with Gasteiger partial charge in [0.2, 0.25) is 0 Å². The number of rotatable bonds is 5. The lowest BCUT2D eigenvalue weighted by atomic mass is 9.93. The third-order valence-electron chi connectivity index (χ3n) is 5.64. The van der Waals surface area contributed by atoms with Crippen LogP contribution in [0.1, 0.15) is 25.7 Å². The molecule has 2 atom stereocenters. The van der Waals surface area contributed by atoms with Crippen molar-refractivity contribution in [3.05, 3.63) is 36.5 Å². The summed E-state index contributed by atoms with van der Waals surface area (Å²) in [6.45, 7) is 0. The van der Waals surface area contributed by atoms with Gasteiger partial charge in [-0.1, -0.05) is 0 Å². The first-order valence-corrected chi connectivity index (χ1v) is 10.9. The summed E-state index contributed by atoms with van der Waals surface area (Å²) in [6.07, 6.45) is 5.36. The van der Waals surface area contributed by atoms with Crippen LogP contribution < -0.4 is 14.8 Å². The molecule has 0 unspecified atom stereocenters.